The lowest BCUT2D eigenvalue weighted by atomic mass is 10.0. The summed E-state index contributed by atoms with van der Waals surface area (Å²) in [5, 5.41) is 1.15. The molecule has 0 saturated carbocycles. The third-order valence-electron chi connectivity index (χ3n) is 3.23. The molecule has 4 heteroatoms. The largest absolute Gasteiger partial charge is 0.368 e. The van der Waals surface area contributed by atoms with Gasteiger partial charge in [0.25, 0.3) is 0 Å². The third kappa shape index (κ3) is 2.05. The second-order valence-corrected chi connectivity index (χ2v) is 4.94. The van der Waals surface area contributed by atoms with Gasteiger partial charge in [0.2, 0.25) is 5.95 Å². The maximum absolute atomic E-state index is 5.82. The first-order valence-electron chi connectivity index (χ1n) is 6.36. The van der Waals surface area contributed by atoms with Gasteiger partial charge in [0, 0.05) is 28.4 Å². The molecule has 2 aromatic heterocycles. The maximum Gasteiger partial charge on any atom is 0.220 e. The van der Waals surface area contributed by atoms with Crippen LogP contribution in [0.25, 0.3) is 22.2 Å². The van der Waals surface area contributed by atoms with E-state index < -0.39 is 0 Å². The Morgan fingerprint density at radius 3 is 2.79 bits per heavy atom. The summed E-state index contributed by atoms with van der Waals surface area (Å²) in [5.41, 5.74) is 9.84. The average molecular weight is 252 g/mol. The van der Waals surface area contributed by atoms with E-state index in [2.05, 4.69) is 40.9 Å². The summed E-state index contributed by atoms with van der Waals surface area (Å²) in [6.07, 6.45) is 1.93. The average Bonchev–Trinajstić information content (AvgIpc) is 2.85. The molecule has 0 unspecified atom stereocenters. The summed E-state index contributed by atoms with van der Waals surface area (Å²) in [4.78, 5) is 11.9. The zero-order valence-electron chi connectivity index (χ0n) is 11.0. The first-order chi connectivity index (χ1) is 9.15. The molecule has 19 heavy (non-hydrogen) atoms. The van der Waals surface area contributed by atoms with Crippen molar-refractivity contribution in [3.05, 3.63) is 42.2 Å². The first-order valence-corrected chi connectivity index (χ1v) is 6.36. The molecular weight excluding hydrogens is 236 g/mol. The second kappa shape index (κ2) is 4.39. The number of rotatable bonds is 2. The zero-order valence-corrected chi connectivity index (χ0v) is 11.0. The Morgan fingerprint density at radius 1 is 1.16 bits per heavy atom. The molecule has 1 aromatic carbocycles. The highest BCUT2D eigenvalue weighted by molar-refractivity contribution is 5.94. The van der Waals surface area contributed by atoms with E-state index in [1.165, 1.54) is 0 Å². The van der Waals surface area contributed by atoms with E-state index in [-0.39, 0.29) is 0 Å². The van der Waals surface area contributed by atoms with Crippen molar-refractivity contribution in [2.24, 2.45) is 0 Å². The highest BCUT2D eigenvalue weighted by Crippen LogP contribution is 2.28. The fourth-order valence-corrected chi connectivity index (χ4v) is 2.23. The predicted molar refractivity (Wildman–Crippen MR) is 77.8 cm³/mol. The molecule has 0 spiro atoms. The van der Waals surface area contributed by atoms with Crippen LogP contribution in [-0.4, -0.2) is 15.0 Å². The van der Waals surface area contributed by atoms with Crippen LogP contribution >= 0.6 is 0 Å². The Balaban J connectivity index is 2.24. The van der Waals surface area contributed by atoms with Crippen LogP contribution in [0, 0.1) is 0 Å². The van der Waals surface area contributed by atoms with Crippen molar-refractivity contribution in [2.45, 2.75) is 19.8 Å². The fourth-order valence-electron chi connectivity index (χ4n) is 2.23. The smallest absolute Gasteiger partial charge is 0.220 e. The van der Waals surface area contributed by atoms with Crippen molar-refractivity contribution < 1.29 is 0 Å². The molecule has 96 valence electrons. The summed E-state index contributed by atoms with van der Waals surface area (Å²) >= 11 is 0. The monoisotopic (exact) mass is 252 g/mol. The van der Waals surface area contributed by atoms with Crippen LogP contribution in [0.5, 0.6) is 0 Å². The van der Waals surface area contributed by atoms with E-state index in [1.54, 1.807) is 0 Å². The van der Waals surface area contributed by atoms with Gasteiger partial charge in [0.15, 0.2) is 0 Å². The normalized spacial score (nSPS) is 11.3. The van der Waals surface area contributed by atoms with Crippen molar-refractivity contribution in [3.63, 3.8) is 0 Å². The van der Waals surface area contributed by atoms with Crippen LogP contribution < -0.4 is 5.73 Å². The Hall–Kier alpha value is -2.36. The molecule has 0 amide bonds. The SMILES string of the molecule is CC(C)c1cc(-c2cccc3[nH]ccc23)nc(N)n1. The Kier molecular flexibility index (Phi) is 2.71. The lowest BCUT2D eigenvalue weighted by Crippen LogP contribution is -2.02. The van der Waals surface area contributed by atoms with Crippen LogP contribution in [0.15, 0.2) is 36.5 Å². The Labute approximate surface area is 111 Å². The van der Waals surface area contributed by atoms with Crippen molar-refractivity contribution in [1.82, 2.24) is 15.0 Å². The fraction of sp³-hybridized carbons (Fsp3) is 0.200. The van der Waals surface area contributed by atoms with Crippen LogP contribution in [0.4, 0.5) is 5.95 Å². The van der Waals surface area contributed by atoms with Gasteiger partial charge >= 0.3 is 0 Å². The molecule has 2 heterocycles. The molecule has 0 bridgehead atoms. The summed E-state index contributed by atoms with van der Waals surface area (Å²) in [6.45, 7) is 4.20. The molecule has 0 aliphatic carbocycles. The number of aromatic amines is 1. The van der Waals surface area contributed by atoms with Crippen molar-refractivity contribution >= 4 is 16.9 Å². The zero-order chi connectivity index (χ0) is 13.4. The van der Waals surface area contributed by atoms with Crippen LogP contribution in [0.1, 0.15) is 25.5 Å². The number of nitrogen functional groups attached to an aromatic ring is 1. The van der Waals surface area contributed by atoms with Crippen molar-refractivity contribution in [1.29, 1.82) is 0 Å². The topological polar surface area (TPSA) is 67.6 Å². The van der Waals surface area contributed by atoms with Crippen molar-refractivity contribution in [2.75, 3.05) is 5.73 Å². The quantitative estimate of drug-likeness (QED) is 0.735. The molecule has 3 N–H and O–H groups in total. The molecule has 0 radical (unpaired) electrons. The molecule has 0 atom stereocenters. The van der Waals surface area contributed by atoms with E-state index >= 15 is 0 Å². The molecule has 0 aliphatic rings. The van der Waals surface area contributed by atoms with Gasteiger partial charge < -0.3 is 10.7 Å². The number of H-pyrrole nitrogens is 1. The molecule has 4 nitrogen and oxygen atoms in total. The number of anilines is 1. The minimum absolute atomic E-state index is 0.328. The van der Waals surface area contributed by atoms with E-state index in [0.717, 1.165) is 27.9 Å². The van der Waals surface area contributed by atoms with Gasteiger partial charge in [0.05, 0.1) is 5.69 Å². The van der Waals surface area contributed by atoms with Gasteiger partial charge in [0.1, 0.15) is 0 Å². The number of hydrogen-bond donors (Lipinski definition) is 2. The molecule has 3 aromatic rings. The summed E-state index contributed by atoms with van der Waals surface area (Å²) in [5.74, 6) is 0.656. The summed E-state index contributed by atoms with van der Waals surface area (Å²) < 4.78 is 0. The summed E-state index contributed by atoms with van der Waals surface area (Å²) in [6, 6.07) is 10.2. The van der Waals surface area contributed by atoms with Gasteiger partial charge in [-0.15, -0.1) is 0 Å². The molecular formula is C15H16N4. The van der Waals surface area contributed by atoms with Crippen LogP contribution in [-0.2, 0) is 0 Å². The minimum atomic E-state index is 0.328. The number of nitrogens with one attached hydrogen (secondary N) is 1. The number of nitrogens with two attached hydrogens (primary N) is 1. The lowest BCUT2D eigenvalue weighted by molar-refractivity contribution is 0.819. The van der Waals surface area contributed by atoms with Gasteiger partial charge in [-0.1, -0.05) is 26.0 Å². The first kappa shape index (κ1) is 11.7. The second-order valence-electron chi connectivity index (χ2n) is 4.94. The van der Waals surface area contributed by atoms with Gasteiger partial charge in [-0.2, -0.15) is 0 Å². The number of fused-ring (bicyclic) bond motifs is 1. The standard InChI is InChI=1S/C15H16N4/c1-9(2)13-8-14(19-15(16)18-13)10-4-3-5-12-11(10)6-7-17-12/h3-9,17H,1-2H3,(H2,16,18,19). The summed E-state index contributed by atoms with van der Waals surface area (Å²) in [7, 11) is 0. The lowest BCUT2D eigenvalue weighted by Gasteiger charge is -2.09. The minimum Gasteiger partial charge on any atom is -0.368 e. The van der Waals surface area contributed by atoms with Gasteiger partial charge in [-0.25, -0.2) is 9.97 Å². The number of hydrogen-bond acceptors (Lipinski definition) is 3. The molecule has 0 fully saturated rings. The van der Waals surface area contributed by atoms with Gasteiger partial charge in [-0.3, -0.25) is 0 Å². The Morgan fingerprint density at radius 2 is 2.00 bits per heavy atom. The highest BCUT2D eigenvalue weighted by atomic mass is 15.0. The molecule has 0 saturated heterocycles. The van der Waals surface area contributed by atoms with E-state index in [4.69, 9.17) is 5.73 Å². The molecule has 3 rings (SSSR count). The highest BCUT2D eigenvalue weighted by Gasteiger charge is 2.10. The number of aromatic nitrogens is 3. The predicted octanol–water partition coefficient (Wildman–Crippen LogP) is 3.33. The van der Waals surface area contributed by atoms with E-state index in [9.17, 15) is 0 Å². The van der Waals surface area contributed by atoms with Crippen molar-refractivity contribution in [3.8, 4) is 11.3 Å². The number of nitrogens with zero attached hydrogens (tertiary/aromatic N) is 2. The van der Waals surface area contributed by atoms with E-state index in [1.807, 2.05) is 24.4 Å². The maximum atomic E-state index is 5.82. The van der Waals surface area contributed by atoms with Crippen LogP contribution in [0.2, 0.25) is 0 Å². The Bertz CT molecular complexity index is 728. The van der Waals surface area contributed by atoms with E-state index in [0.29, 0.717) is 11.9 Å². The van der Waals surface area contributed by atoms with Crippen LogP contribution in [0.3, 0.4) is 0 Å². The molecule has 0 aliphatic heterocycles. The number of benzene rings is 1. The third-order valence-corrected chi connectivity index (χ3v) is 3.23. The van der Waals surface area contributed by atoms with Gasteiger partial charge in [-0.05, 0) is 24.1 Å².